The Labute approximate surface area is 177 Å². The van der Waals surface area contributed by atoms with Crippen LogP contribution in [-0.4, -0.2) is 29.9 Å². The number of piperidine rings is 1. The molecule has 4 rings (SSSR count). The van der Waals surface area contributed by atoms with Crippen LogP contribution in [0.3, 0.4) is 0 Å². The smallest absolute Gasteiger partial charge is 0.410 e. The van der Waals surface area contributed by atoms with E-state index in [2.05, 4.69) is 0 Å². The second-order valence-electron chi connectivity index (χ2n) is 7.67. The second-order valence-corrected chi connectivity index (χ2v) is 7.67. The van der Waals surface area contributed by atoms with Crippen LogP contribution in [0.2, 0.25) is 0 Å². The summed E-state index contributed by atoms with van der Waals surface area (Å²) in [6.07, 6.45) is 0.823. The number of hydrogen-bond donors (Lipinski definition) is 0. The number of ether oxygens (including phenoxy) is 1. The topological polar surface area (TPSA) is 46.6 Å². The van der Waals surface area contributed by atoms with Crippen molar-refractivity contribution in [1.82, 2.24) is 4.90 Å². The van der Waals surface area contributed by atoms with Crippen molar-refractivity contribution in [2.45, 2.75) is 24.9 Å². The van der Waals surface area contributed by atoms with Crippen molar-refractivity contribution in [2.24, 2.45) is 0 Å². The summed E-state index contributed by atoms with van der Waals surface area (Å²) >= 11 is 0. The summed E-state index contributed by atoms with van der Waals surface area (Å²) in [5.41, 5.74) is 2.05. The standard InChI is InChI=1S/C26H25NO3/c28-24(22-12-6-2-7-13-22)26(23-14-8-3-9-15-23)16-18-27(19-17-26)25(29)30-20-21-10-4-1-5-11-21/h1-15H,16-20H2. The van der Waals surface area contributed by atoms with Gasteiger partial charge >= 0.3 is 6.09 Å². The van der Waals surface area contributed by atoms with E-state index in [1.165, 1.54) is 0 Å². The van der Waals surface area contributed by atoms with Gasteiger partial charge in [-0.2, -0.15) is 0 Å². The first-order valence-corrected chi connectivity index (χ1v) is 10.3. The van der Waals surface area contributed by atoms with E-state index in [9.17, 15) is 9.59 Å². The number of ketones is 1. The first kappa shape index (κ1) is 19.9. The van der Waals surface area contributed by atoms with Crippen LogP contribution in [0, 0.1) is 0 Å². The summed E-state index contributed by atoms with van der Waals surface area (Å²) in [6, 6.07) is 29.0. The third-order valence-electron chi connectivity index (χ3n) is 5.88. The SMILES string of the molecule is O=C(OCc1ccccc1)N1CCC(C(=O)c2ccccc2)(c2ccccc2)CC1. The molecule has 0 spiro atoms. The Balaban J connectivity index is 1.49. The van der Waals surface area contributed by atoms with E-state index in [4.69, 9.17) is 4.74 Å². The molecule has 1 aliphatic rings. The minimum Gasteiger partial charge on any atom is -0.445 e. The van der Waals surface area contributed by atoms with Crippen LogP contribution in [0.25, 0.3) is 0 Å². The van der Waals surface area contributed by atoms with Crippen LogP contribution in [0.5, 0.6) is 0 Å². The predicted octanol–water partition coefficient (Wildman–Crippen LogP) is 5.24. The van der Waals surface area contributed by atoms with Gasteiger partial charge in [0.15, 0.2) is 5.78 Å². The van der Waals surface area contributed by atoms with E-state index >= 15 is 0 Å². The van der Waals surface area contributed by atoms with Gasteiger partial charge < -0.3 is 9.64 Å². The highest BCUT2D eigenvalue weighted by atomic mass is 16.6. The first-order chi connectivity index (χ1) is 14.7. The van der Waals surface area contributed by atoms with Gasteiger partial charge in [0.25, 0.3) is 0 Å². The number of likely N-dealkylation sites (tertiary alicyclic amines) is 1. The maximum Gasteiger partial charge on any atom is 0.410 e. The second kappa shape index (κ2) is 8.95. The normalized spacial score (nSPS) is 15.4. The summed E-state index contributed by atoms with van der Waals surface area (Å²) < 4.78 is 5.49. The molecule has 1 saturated heterocycles. The lowest BCUT2D eigenvalue weighted by molar-refractivity contribution is 0.0647. The Morgan fingerprint density at radius 2 is 1.30 bits per heavy atom. The predicted molar refractivity (Wildman–Crippen MR) is 116 cm³/mol. The van der Waals surface area contributed by atoms with Crippen LogP contribution in [0.1, 0.15) is 34.3 Å². The van der Waals surface area contributed by atoms with Crippen LogP contribution in [-0.2, 0) is 16.8 Å². The van der Waals surface area contributed by atoms with Crippen LogP contribution in [0.4, 0.5) is 4.79 Å². The molecule has 0 aromatic heterocycles. The van der Waals surface area contributed by atoms with Gasteiger partial charge in [-0.3, -0.25) is 4.79 Å². The third-order valence-corrected chi connectivity index (χ3v) is 5.88. The number of amides is 1. The molecule has 4 heteroatoms. The summed E-state index contributed by atoms with van der Waals surface area (Å²) in [4.78, 5) is 27.9. The Morgan fingerprint density at radius 1 is 0.767 bits per heavy atom. The minimum atomic E-state index is -0.626. The summed E-state index contributed by atoms with van der Waals surface area (Å²) in [7, 11) is 0. The first-order valence-electron chi connectivity index (χ1n) is 10.3. The summed E-state index contributed by atoms with van der Waals surface area (Å²) in [6.45, 7) is 1.23. The molecule has 0 aliphatic carbocycles. The van der Waals surface area contributed by atoms with Gasteiger partial charge in [-0.15, -0.1) is 0 Å². The fourth-order valence-electron chi connectivity index (χ4n) is 4.15. The summed E-state index contributed by atoms with van der Waals surface area (Å²) in [5, 5.41) is 0. The molecule has 0 N–H and O–H groups in total. The lowest BCUT2D eigenvalue weighted by Gasteiger charge is -2.40. The molecule has 1 fully saturated rings. The number of Topliss-reactive ketones (excluding diaryl/α,β-unsaturated/α-hetero) is 1. The van der Waals surface area contributed by atoms with Gasteiger partial charge in [-0.25, -0.2) is 4.79 Å². The summed E-state index contributed by atoms with van der Waals surface area (Å²) in [5.74, 6) is 0.117. The van der Waals surface area contributed by atoms with E-state index in [1.54, 1.807) is 4.90 Å². The number of carbonyl (C=O) groups is 2. The molecule has 1 heterocycles. The zero-order valence-corrected chi connectivity index (χ0v) is 16.9. The molecular weight excluding hydrogens is 374 g/mol. The van der Waals surface area contributed by atoms with Crippen molar-refractivity contribution in [1.29, 1.82) is 0 Å². The van der Waals surface area contributed by atoms with E-state index in [0.29, 0.717) is 31.5 Å². The van der Waals surface area contributed by atoms with Gasteiger partial charge in [0.1, 0.15) is 6.61 Å². The highest BCUT2D eigenvalue weighted by Crippen LogP contribution is 2.38. The number of nitrogens with zero attached hydrogens (tertiary/aromatic N) is 1. The van der Waals surface area contributed by atoms with Crippen molar-refractivity contribution in [2.75, 3.05) is 13.1 Å². The average molecular weight is 399 g/mol. The molecule has 30 heavy (non-hydrogen) atoms. The van der Waals surface area contributed by atoms with Crippen molar-refractivity contribution < 1.29 is 14.3 Å². The van der Waals surface area contributed by atoms with Crippen molar-refractivity contribution in [3.8, 4) is 0 Å². The van der Waals surface area contributed by atoms with E-state index in [0.717, 1.165) is 11.1 Å². The zero-order valence-electron chi connectivity index (χ0n) is 16.9. The Kier molecular flexibility index (Phi) is 5.94. The molecular formula is C26H25NO3. The largest absolute Gasteiger partial charge is 0.445 e. The molecule has 0 saturated carbocycles. The van der Waals surface area contributed by atoms with E-state index in [-0.39, 0.29) is 18.5 Å². The fourth-order valence-corrected chi connectivity index (χ4v) is 4.15. The highest BCUT2D eigenvalue weighted by molar-refractivity contribution is 6.04. The average Bonchev–Trinajstić information content (AvgIpc) is 2.84. The van der Waals surface area contributed by atoms with Gasteiger partial charge in [0.05, 0.1) is 5.41 Å². The van der Waals surface area contributed by atoms with Gasteiger partial charge in [0, 0.05) is 18.7 Å². The lowest BCUT2D eigenvalue weighted by atomic mass is 9.68. The number of hydrogen-bond acceptors (Lipinski definition) is 3. The molecule has 4 nitrogen and oxygen atoms in total. The molecule has 0 atom stereocenters. The molecule has 0 radical (unpaired) electrons. The fraction of sp³-hybridized carbons (Fsp3) is 0.231. The Bertz CT molecular complexity index is 979. The minimum absolute atomic E-state index is 0.117. The number of rotatable bonds is 5. The number of benzene rings is 3. The van der Waals surface area contributed by atoms with Gasteiger partial charge in [-0.05, 0) is 24.0 Å². The molecule has 1 aliphatic heterocycles. The van der Waals surface area contributed by atoms with Crippen molar-refractivity contribution >= 4 is 11.9 Å². The van der Waals surface area contributed by atoms with Crippen molar-refractivity contribution in [3.63, 3.8) is 0 Å². The Hall–Kier alpha value is -3.40. The quantitative estimate of drug-likeness (QED) is 0.551. The molecule has 1 amide bonds. The number of carbonyl (C=O) groups excluding carboxylic acids is 2. The molecule has 0 bridgehead atoms. The zero-order chi connectivity index (χ0) is 20.8. The Morgan fingerprint density at radius 3 is 1.90 bits per heavy atom. The third kappa shape index (κ3) is 4.13. The van der Waals surface area contributed by atoms with Crippen molar-refractivity contribution in [3.05, 3.63) is 108 Å². The van der Waals surface area contributed by atoms with Gasteiger partial charge in [-0.1, -0.05) is 91.0 Å². The monoisotopic (exact) mass is 399 g/mol. The van der Waals surface area contributed by atoms with Crippen LogP contribution >= 0.6 is 0 Å². The molecule has 3 aromatic rings. The maximum atomic E-state index is 13.6. The molecule has 3 aromatic carbocycles. The molecule has 152 valence electrons. The van der Waals surface area contributed by atoms with E-state index < -0.39 is 5.41 Å². The highest BCUT2D eigenvalue weighted by Gasteiger charge is 2.44. The van der Waals surface area contributed by atoms with E-state index in [1.807, 2.05) is 91.0 Å². The lowest BCUT2D eigenvalue weighted by Crippen LogP contribution is -2.49. The van der Waals surface area contributed by atoms with Crippen LogP contribution in [0.15, 0.2) is 91.0 Å². The van der Waals surface area contributed by atoms with Gasteiger partial charge in [0.2, 0.25) is 0 Å². The van der Waals surface area contributed by atoms with Crippen LogP contribution < -0.4 is 0 Å². The molecule has 0 unspecified atom stereocenters. The maximum absolute atomic E-state index is 13.6.